The summed E-state index contributed by atoms with van der Waals surface area (Å²) in [4.78, 5) is 15.0. The molecule has 0 saturated carbocycles. The highest BCUT2D eigenvalue weighted by molar-refractivity contribution is 7.89. The lowest BCUT2D eigenvalue weighted by Gasteiger charge is -2.14. The van der Waals surface area contributed by atoms with Gasteiger partial charge in [0.15, 0.2) is 5.03 Å². The van der Waals surface area contributed by atoms with E-state index < -0.39 is 21.9 Å². The zero-order chi connectivity index (χ0) is 16.9. The van der Waals surface area contributed by atoms with Crippen LogP contribution in [0.4, 0.5) is 0 Å². The molecule has 1 unspecified atom stereocenters. The fraction of sp³-hybridized carbons (Fsp3) is 0.714. The molecule has 1 atom stereocenters. The Balaban J connectivity index is 2.74. The molecule has 22 heavy (non-hydrogen) atoms. The quantitative estimate of drug-likeness (QED) is 0.715. The van der Waals surface area contributed by atoms with Crippen molar-refractivity contribution in [2.45, 2.75) is 45.7 Å². The zero-order valence-electron chi connectivity index (χ0n) is 13.5. The fourth-order valence-corrected chi connectivity index (χ4v) is 3.15. The van der Waals surface area contributed by atoms with Gasteiger partial charge in [-0.3, -0.25) is 4.79 Å². The van der Waals surface area contributed by atoms with Crippen molar-refractivity contribution in [2.24, 2.45) is 17.8 Å². The summed E-state index contributed by atoms with van der Waals surface area (Å²) in [5.74, 6) is -1.19. The Labute approximate surface area is 131 Å². The van der Waals surface area contributed by atoms with Crippen molar-refractivity contribution in [1.82, 2.24) is 14.3 Å². The van der Waals surface area contributed by atoms with E-state index in [4.69, 9.17) is 5.11 Å². The molecular weight excluding hydrogens is 306 g/mol. The van der Waals surface area contributed by atoms with E-state index in [-0.39, 0.29) is 17.5 Å². The summed E-state index contributed by atoms with van der Waals surface area (Å²) in [5.41, 5.74) is 0. The normalized spacial score (nSPS) is 13.7. The first-order chi connectivity index (χ1) is 10.1. The maximum atomic E-state index is 12.2. The Morgan fingerprint density at radius 2 is 1.95 bits per heavy atom. The number of hydrogen-bond donors (Lipinski definition) is 2. The van der Waals surface area contributed by atoms with E-state index in [2.05, 4.69) is 9.71 Å². The molecule has 1 aromatic rings. The van der Waals surface area contributed by atoms with Crippen molar-refractivity contribution >= 4 is 16.0 Å². The van der Waals surface area contributed by atoms with E-state index >= 15 is 0 Å². The molecule has 1 heterocycles. The van der Waals surface area contributed by atoms with Crippen LogP contribution in [-0.2, 0) is 21.4 Å². The summed E-state index contributed by atoms with van der Waals surface area (Å²) < 4.78 is 28.4. The SMILES string of the molecule is CC(C)CC(CNS(=O)(=O)c1cn(CC(C)C)cn1)C(=O)O. The minimum Gasteiger partial charge on any atom is -0.481 e. The highest BCUT2D eigenvalue weighted by Crippen LogP contribution is 2.13. The molecule has 0 saturated heterocycles. The molecular formula is C14H25N3O4S. The van der Waals surface area contributed by atoms with E-state index in [1.165, 1.54) is 12.5 Å². The summed E-state index contributed by atoms with van der Waals surface area (Å²) in [7, 11) is -3.78. The lowest BCUT2D eigenvalue weighted by Crippen LogP contribution is -2.33. The van der Waals surface area contributed by atoms with Crippen molar-refractivity contribution in [1.29, 1.82) is 0 Å². The molecule has 0 radical (unpaired) electrons. The molecule has 0 amide bonds. The molecule has 8 heteroatoms. The van der Waals surface area contributed by atoms with Crippen LogP contribution in [-0.4, -0.2) is 35.6 Å². The van der Waals surface area contributed by atoms with Crippen molar-refractivity contribution in [3.63, 3.8) is 0 Å². The summed E-state index contributed by atoms with van der Waals surface area (Å²) in [6.07, 6.45) is 3.34. The molecule has 0 aliphatic carbocycles. The van der Waals surface area contributed by atoms with Gasteiger partial charge in [-0.2, -0.15) is 0 Å². The van der Waals surface area contributed by atoms with Crippen LogP contribution in [0.3, 0.4) is 0 Å². The van der Waals surface area contributed by atoms with E-state index in [1.54, 1.807) is 4.57 Å². The lowest BCUT2D eigenvalue weighted by atomic mass is 9.98. The highest BCUT2D eigenvalue weighted by Gasteiger charge is 2.24. The molecule has 126 valence electrons. The van der Waals surface area contributed by atoms with Crippen LogP contribution in [0.1, 0.15) is 34.1 Å². The number of carboxylic acid groups (broad SMARTS) is 1. The van der Waals surface area contributed by atoms with Gasteiger partial charge in [0.1, 0.15) is 0 Å². The standard InChI is InChI=1S/C14H25N3O4S/c1-10(2)5-12(14(18)19)6-16-22(20,21)13-8-17(9-15-13)7-11(3)4/h8-12,16H,5-7H2,1-4H3,(H,18,19). The average molecular weight is 331 g/mol. The lowest BCUT2D eigenvalue weighted by molar-refractivity contribution is -0.142. The molecule has 0 bridgehead atoms. The van der Waals surface area contributed by atoms with Crippen LogP contribution < -0.4 is 4.72 Å². The van der Waals surface area contributed by atoms with Gasteiger partial charge < -0.3 is 9.67 Å². The van der Waals surface area contributed by atoms with Crippen molar-refractivity contribution < 1.29 is 18.3 Å². The van der Waals surface area contributed by atoms with Gasteiger partial charge in [-0.15, -0.1) is 0 Å². The van der Waals surface area contributed by atoms with E-state index in [9.17, 15) is 13.2 Å². The maximum Gasteiger partial charge on any atom is 0.307 e. The number of aliphatic carboxylic acids is 1. The van der Waals surface area contributed by atoms with Gasteiger partial charge >= 0.3 is 5.97 Å². The van der Waals surface area contributed by atoms with Gasteiger partial charge in [-0.25, -0.2) is 18.1 Å². The van der Waals surface area contributed by atoms with Gasteiger partial charge in [0, 0.05) is 19.3 Å². The summed E-state index contributed by atoms with van der Waals surface area (Å²) in [5, 5.41) is 9.06. The molecule has 1 rings (SSSR count). The molecule has 0 aliphatic heterocycles. The smallest absolute Gasteiger partial charge is 0.307 e. The first-order valence-corrected chi connectivity index (χ1v) is 8.84. The number of aromatic nitrogens is 2. The first-order valence-electron chi connectivity index (χ1n) is 7.36. The van der Waals surface area contributed by atoms with Crippen LogP contribution >= 0.6 is 0 Å². The van der Waals surface area contributed by atoms with Crippen LogP contribution in [0.15, 0.2) is 17.6 Å². The first kappa shape index (κ1) is 18.6. The van der Waals surface area contributed by atoms with Crippen LogP contribution in [0, 0.1) is 17.8 Å². The largest absolute Gasteiger partial charge is 0.481 e. The average Bonchev–Trinajstić information content (AvgIpc) is 2.82. The molecule has 7 nitrogen and oxygen atoms in total. The van der Waals surface area contributed by atoms with Crippen molar-refractivity contribution in [3.05, 3.63) is 12.5 Å². The number of carbonyl (C=O) groups is 1. The molecule has 0 aliphatic rings. The number of hydrogen-bond acceptors (Lipinski definition) is 4. The molecule has 2 N–H and O–H groups in total. The van der Waals surface area contributed by atoms with Gasteiger partial charge in [-0.05, 0) is 18.3 Å². The Morgan fingerprint density at radius 1 is 1.32 bits per heavy atom. The zero-order valence-corrected chi connectivity index (χ0v) is 14.3. The molecule has 1 aromatic heterocycles. The van der Waals surface area contributed by atoms with E-state index in [0.29, 0.717) is 18.9 Å². The number of nitrogens with zero attached hydrogens (tertiary/aromatic N) is 2. The second-order valence-corrected chi connectivity index (χ2v) is 8.03. The summed E-state index contributed by atoms with van der Waals surface area (Å²) in [6.45, 7) is 8.39. The predicted molar refractivity (Wildman–Crippen MR) is 82.8 cm³/mol. The van der Waals surface area contributed by atoms with E-state index in [1.807, 2.05) is 27.7 Å². The summed E-state index contributed by atoms with van der Waals surface area (Å²) in [6, 6.07) is 0. The Hall–Kier alpha value is -1.41. The predicted octanol–water partition coefficient (Wildman–Crippen LogP) is 1.56. The molecule has 0 aromatic carbocycles. The summed E-state index contributed by atoms with van der Waals surface area (Å²) >= 11 is 0. The third kappa shape index (κ3) is 5.76. The number of nitrogens with one attached hydrogen (secondary N) is 1. The number of imidazole rings is 1. The van der Waals surface area contributed by atoms with Crippen LogP contribution in [0.25, 0.3) is 0 Å². The second kappa shape index (κ2) is 7.73. The van der Waals surface area contributed by atoms with Gasteiger partial charge in [0.25, 0.3) is 10.0 Å². The van der Waals surface area contributed by atoms with Gasteiger partial charge in [-0.1, -0.05) is 27.7 Å². The minimum absolute atomic E-state index is 0.0816. The molecule has 0 fully saturated rings. The van der Waals surface area contributed by atoms with Crippen LogP contribution in [0.2, 0.25) is 0 Å². The van der Waals surface area contributed by atoms with Crippen LogP contribution in [0.5, 0.6) is 0 Å². The van der Waals surface area contributed by atoms with E-state index in [0.717, 1.165) is 0 Å². The van der Waals surface area contributed by atoms with Gasteiger partial charge in [0.2, 0.25) is 0 Å². The number of sulfonamides is 1. The third-order valence-corrected chi connectivity index (χ3v) is 4.39. The minimum atomic E-state index is -3.78. The van der Waals surface area contributed by atoms with Crippen molar-refractivity contribution in [3.8, 4) is 0 Å². The topological polar surface area (TPSA) is 101 Å². The Morgan fingerprint density at radius 3 is 2.45 bits per heavy atom. The number of carboxylic acids is 1. The second-order valence-electron chi connectivity index (χ2n) is 6.32. The van der Waals surface area contributed by atoms with Crippen molar-refractivity contribution in [2.75, 3.05) is 6.54 Å². The monoisotopic (exact) mass is 331 g/mol. The fourth-order valence-electron chi connectivity index (χ4n) is 2.12. The Kier molecular flexibility index (Phi) is 6.55. The highest BCUT2D eigenvalue weighted by atomic mass is 32.2. The third-order valence-electron chi connectivity index (χ3n) is 3.09. The Bertz CT molecular complexity index is 593. The maximum absolute atomic E-state index is 12.2. The molecule has 0 spiro atoms. The number of rotatable bonds is 9. The van der Waals surface area contributed by atoms with Gasteiger partial charge in [0.05, 0.1) is 12.2 Å².